The van der Waals surface area contributed by atoms with Gasteiger partial charge < -0.3 is 9.47 Å². The van der Waals surface area contributed by atoms with Gasteiger partial charge in [0.25, 0.3) is 0 Å². The lowest BCUT2D eigenvalue weighted by Crippen LogP contribution is -2.26. The Hall–Kier alpha value is -0.0800. The molecule has 0 saturated heterocycles. The topological polar surface area (TPSA) is 18.5 Å². The third-order valence-electron chi connectivity index (χ3n) is 4.54. The lowest BCUT2D eigenvalue weighted by atomic mass is 9.80. The van der Waals surface area contributed by atoms with Crippen molar-refractivity contribution >= 4 is 0 Å². The van der Waals surface area contributed by atoms with E-state index in [2.05, 4.69) is 48.5 Å². The molecule has 1 fully saturated rings. The average molecular weight is 284 g/mol. The summed E-state index contributed by atoms with van der Waals surface area (Å²) in [6, 6.07) is 0. The maximum atomic E-state index is 6.06. The highest BCUT2D eigenvalue weighted by Gasteiger charge is 2.28. The molecule has 0 aromatic heterocycles. The molecule has 1 aliphatic carbocycles. The van der Waals surface area contributed by atoms with Gasteiger partial charge >= 0.3 is 0 Å². The smallest absolute Gasteiger partial charge is 0.0602 e. The van der Waals surface area contributed by atoms with E-state index >= 15 is 0 Å². The molecular formula is C18H36O2. The molecule has 1 rings (SSSR count). The SMILES string of the molecule is CC(CCOCC1CCC(OC(C)(C)C)C1)C(C)(C)C. The summed E-state index contributed by atoms with van der Waals surface area (Å²) in [6.07, 6.45) is 5.24. The summed E-state index contributed by atoms with van der Waals surface area (Å²) in [4.78, 5) is 0. The van der Waals surface area contributed by atoms with E-state index < -0.39 is 0 Å². The molecule has 0 bridgehead atoms. The van der Waals surface area contributed by atoms with Crippen molar-refractivity contribution in [2.45, 2.75) is 85.9 Å². The van der Waals surface area contributed by atoms with Gasteiger partial charge in [-0.3, -0.25) is 0 Å². The molecule has 0 aromatic carbocycles. The Bertz CT molecular complexity index is 272. The zero-order valence-corrected chi connectivity index (χ0v) is 14.8. The highest BCUT2D eigenvalue weighted by atomic mass is 16.5. The molecule has 3 atom stereocenters. The maximum Gasteiger partial charge on any atom is 0.0602 e. The fourth-order valence-electron chi connectivity index (χ4n) is 2.73. The molecule has 0 aliphatic heterocycles. The lowest BCUT2D eigenvalue weighted by Gasteiger charge is -2.27. The van der Waals surface area contributed by atoms with Crippen molar-refractivity contribution in [1.82, 2.24) is 0 Å². The van der Waals surface area contributed by atoms with Crippen LogP contribution in [-0.4, -0.2) is 24.9 Å². The van der Waals surface area contributed by atoms with Crippen molar-refractivity contribution in [2.75, 3.05) is 13.2 Å². The van der Waals surface area contributed by atoms with E-state index in [4.69, 9.17) is 9.47 Å². The van der Waals surface area contributed by atoms with Crippen LogP contribution in [0.2, 0.25) is 0 Å². The molecule has 1 aliphatic rings. The van der Waals surface area contributed by atoms with Crippen LogP contribution in [0.15, 0.2) is 0 Å². The maximum absolute atomic E-state index is 6.06. The zero-order valence-electron chi connectivity index (χ0n) is 14.8. The van der Waals surface area contributed by atoms with E-state index in [1.807, 2.05) is 0 Å². The normalized spacial score (nSPS) is 25.9. The third-order valence-corrected chi connectivity index (χ3v) is 4.54. The Morgan fingerprint density at radius 1 is 1.05 bits per heavy atom. The van der Waals surface area contributed by atoms with Crippen molar-refractivity contribution in [3.63, 3.8) is 0 Å². The monoisotopic (exact) mass is 284 g/mol. The molecule has 0 aromatic rings. The summed E-state index contributed by atoms with van der Waals surface area (Å²) < 4.78 is 12.0. The Kier molecular flexibility index (Phi) is 6.53. The van der Waals surface area contributed by atoms with Gasteiger partial charge in [0, 0.05) is 13.2 Å². The first-order chi connectivity index (χ1) is 9.08. The van der Waals surface area contributed by atoms with Crippen molar-refractivity contribution in [2.24, 2.45) is 17.3 Å². The first-order valence-corrected chi connectivity index (χ1v) is 8.33. The van der Waals surface area contributed by atoms with Gasteiger partial charge in [0.2, 0.25) is 0 Å². The summed E-state index contributed by atoms with van der Waals surface area (Å²) >= 11 is 0. The van der Waals surface area contributed by atoms with Crippen molar-refractivity contribution < 1.29 is 9.47 Å². The van der Waals surface area contributed by atoms with Gasteiger partial charge in [-0.2, -0.15) is 0 Å². The van der Waals surface area contributed by atoms with Gasteiger partial charge in [-0.15, -0.1) is 0 Å². The van der Waals surface area contributed by atoms with E-state index in [9.17, 15) is 0 Å². The first-order valence-electron chi connectivity index (χ1n) is 8.33. The third kappa shape index (κ3) is 7.08. The van der Waals surface area contributed by atoms with Gasteiger partial charge in [0.1, 0.15) is 0 Å². The predicted octanol–water partition coefficient (Wildman–Crippen LogP) is 5.06. The van der Waals surface area contributed by atoms with Crippen LogP contribution in [0.5, 0.6) is 0 Å². The second-order valence-electron chi connectivity index (χ2n) is 8.66. The molecule has 0 spiro atoms. The zero-order chi connectivity index (χ0) is 15.4. The van der Waals surface area contributed by atoms with E-state index in [-0.39, 0.29) is 5.60 Å². The number of hydrogen-bond acceptors (Lipinski definition) is 2. The van der Waals surface area contributed by atoms with Gasteiger partial charge in [-0.05, 0) is 63.7 Å². The molecule has 2 heteroatoms. The standard InChI is InChI=1S/C18H36O2/c1-14(17(2,3)4)10-11-19-13-15-8-9-16(12-15)20-18(5,6)7/h14-16H,8-13H2,1-7H3. The Morgan fingerprint density at radius 3 is 2.25 bits per heavy atom. The van der Waals surface area contributed by atoms with Crippen molar-refractivity contribution in [3.8, 4) is 0 Å². The number of rotatable bonds is 6. The minimum atomic E-state index is -0.0114. The summed E-state index contributed by atoms with van der Waals surface area (Å²) in [7, 11) is 0. The van der Waals surface area contributed by atoms with Crippen LogP contribution in [0.1, 0.15) is 74.1 Å². The fraction of sp³-hybridized carbons (Fsp3) is 1.00. The largest absolute Gasteiger partial charge is 0.381 e. The molecule has 0 heterocycles. The van der Waals surface area contributed by atoms with Crippen molar-refractivity contribution in [1.29, 1.82) is 0 Å². The van der Waals surface area contributed by atoms with E-state index in [0.29, 0.717) is 23.4 Å². The van der Waals surface area contributed by atoms with Gasteiger partial charge in [0.15, 0.2) is 0 Å². The second-order valence-corrected chi connectivity index (χ2v) is 8.66. The Morgan fingerprint density at radius 2 is 1.70 bits per heavy atom. The summed E-state index contributed by atoms with van der Waals surface area (Å²) in [5.74, 6) is 1.41. The number of ether oxygens (including phenoxy) is 2. The molecule has 0 N–H and O–H groups in total. The van der Waals surface area contributed by atoms with E-state index in [1.165, 1.54) is 19.3 Å². The van der Waals surface area contributed by atoms with E-state index in [1.54, 1.807) is 0 Å². The molecule has 3 unspecified atom stereocenters. The minimum Gasteiger partial charge on any atom is -0.381 e. The highest BCUT2D eigenvalue weighted by molar-refractivity contribution is 4.78. The molecular weight excluding hydrogens is 248 g/mol. The Balaban J connectivity index is 2.13. The summed E-state index contributed by atoms with van der Waals surface area (Å²) in [5, 5.41) is 0. The molecule has 0 radical (unpaired) electrons. The predicted molar refractivity (Wildman–Crippen MR) is 86.0 cm³/mol. The van der Waals surface area contributed by atoms with Crippen LogP contribution < -0.4 is 0 Å². The van der Waals surface area contributed by atoms with E-state index in [0.717, 1.165) is 19.6 Å². The van der Waals surface area contributed by atoms with Gasteiger partial charge in [-0.1, -0.05) is 27.7 Å². The van der Waals surface area contributed by atoms with Crippen LogP contribution >= 0.6 is 0 Å². The first kappa shape index (κ1) is 18.0. The average Bonchev–Trinajstić information content (AvgIpc) is 2.67. The van der Waals surface area contributed by atoms with Crippen LogP contribution in [-0.2, 0) is 9.47 Å². The summed E-state index contributed by atoms with van der Waals surface area (Å²) in [6.45, 7) is 17.5. The molecule has 120 valence electrons. The molecule has 20 heavy (non-hydrogen) atoms. The van der Waals surface area contributed by atoms with Crippen molar-refractivity contribution in [3.05, 3.63) is 0 Å². The Labute approximate surface area is 126 Å². The number of hydrogen-bond donors (Lipinski definition) is 0. The van der Waals surface area contributed by atoms with Crippen LogP contribution in [0.4, 0.5) is 0 Å². The van der Waals surface area contributed by atoms with Gasteiger partial charge in [-0.25, -0.2) is 0 Å². The minimum absolute atomic E-state index is 0.0114. The van der Waals surface area contributed by atoms with Crippen LogP contribution in [0, 0.1) is 17.3 Å². The van der Waals surface area contributed by atoms with Gasteiger partial charge in [0.05, 0.1) is 11.7 Å². The van der Waals surface area contributed by atoms with Crippen LogP contribution in [0.25, 0.3) is 0 Å². The summed E-state index contributed by atoms with van der Waals surface area (Å²) in [5.41, 5.74) is 0.380. The molecule has 1 saturated carbocycles. The quantitative estimate of drug-likeness (QED) is 0.635. The highest BCUT2D eigenvalue weighted by Crippen LogP contribution is 2.31. The fourth-order valence-corrected chi connectivity index (χ4v) is 2.73. The molecule has 2 nitrogen and oxygen atoms in total. The molecule has 0 amide bonds. The lowest BCUT2D eigenvalue weighted by molar-refractivity contribution is -0.0589. The second kappa shape index (κ2) is 7.26. The van der Waals surface area contributed by atoms with Crippen LogP contribution in [0.3, 0.4) is 0 Å².